The SMILES string of the molecule is C=CC(=O)OCC(C)(C)COC(=O)C12CCC(C)(CC1)CC2. The normalized spacial score (nSPS) is 30.7. The maximum absolute atomic E-state index is 12.6. The van der Waals surface area contributed by atoms with Crippen molar-refractivity contribution < 1.29 is 19.1 Å². The standard InChI is InChI=1S/C18H28O4/c1-5-14(19)21-12-16(2,3)13-22-15(20)18-9-6-17(4,7-10-18)8-11-18/h5H,1,6-13H2,2-4H3. The lowest BCUT2D eigenvalue weighted by Gasteiger charge is -2.50. The van der Waals surface area contributed by atoms with Crippen LogP contribution in [0.2, 0.25) is 0 Å². The number of hydrogen-bond acceptors (Lipinski definition) is 4. The molecule has 0 amide bonds. The molecule has 4 heteroatoms. The Labute approximate surface area is 133 Å². The van der Waals surface area contributed by atoms with E-state index in [0.717, 1.165) is 44.6 Å². The Hall–Kier alpha value is -1.32. The maximum Gasteiger partial charge on any atom is 0.330 e. The molecule has 2 bridgehead atoms. The van der Waals surface area contributed by atoms with Crippen LogP contribution in [-0.4, -0.2) is 25.2 Å². The van der Waals surface area contributed by atoms with Gasteiger partial charge >= 0.3 is 11.9 Å². The Balaban J connectivity index is 1.84. The van der Waals surface area contributed by atoms with E-state index < -0.39 is 5.97 Å². The summed E-state index contributed by atoms with van der Waals surface area (Å²) in [6, 6.07) is 0. The Morgan fingerprint density at radius 1 is 1.05 bits per heavy atom. The molecule has 0 atom stereocenters. The molecule has 3 saturated carbocycles. The van der Waals surface area contributed by atoms with Gasteiger partial charge in [0.1, 0.15) is 0 Å². The Morgan fingerprint density at radius 2 is 1.55 bits per heavy atom. The van der Waals surface area contributed by atoms with Crippen molar-refractivity contribution >= 4 is 11.9 Å². The fourth-order valence-corrected chi connectivity index (χ4v) is 3.46. The van der Waals surface area contributed by atoms with Gasteiger partial charge in [0.2, 0.25) is 0 Å². The van der Waals surface area contributed by atoms with Crippen LogP contribution in [0.25, 0.3) is 0 Å². The first-order valence-corrected chi connectivity index (χ1v) is 8.17. The number of esters is 2. The Bertz CT molecular complexity index is 439. The first-order chi connectivity index (χ1) is 10.2. The summed E-state index contributed by atoms with van der Waals surface area (Å²) >= 11 is 0. The maximum atomic E-state index is 12.6. The molecule has 3 aliphatic rings. The van der Waals surface area contributed by atoms with E-state index in [9.17, 15) is 9.59 Å². The van der Waals surface area contributed by atoms with Crippen LogP contribution in [0.3, 0.4) is 0 Å². The van der Waals surface area contributed by atoms with Crippen LogP contribution in [0.15, 0.2) is 12.7 Å². The molecule has 0 aromatic heterocycles. The first kappa shape index (κ1) is 17.0. The van der Waals surface area contributed by atoms with E-state index in [4.69, 9.17) is 9.47 Å². The molecule has 0 spiro atoms. The molecule has 3 rings (SSSR count). The number of carbonyl (C=O) groups is 2. The van der Waals surface area contributed by atoms with Gasteiger partial charge in [0.15, 0.2) is 0 Å². The van der Waals surface area contributed by atoms with Gasteiger partial charge in [-0.3, -0.25) is 4.79 Å². The van der Waals surface area contributed by atoms with Crippen molar-refractivity contribution in [3.05, 3.63) is 12.7 Å². The van der Waals surface area contributed by atoms with Crippen molar-refractivity contribution in [2.45, 2.75) is 59.3 Å². The van der Waals surface area contributed by atoms with E-state index in [0.29, 0.717) is 5.41 Å². The predicted octanol–water partition coefficient (Wildman–Crippen LogP) is 3.65. The minimum atomic E-state index is -0.447. The minimum absolute atomic E-state index is 0.0580. The molecule has 4 nitrogen and oxygen atoms in total. The molecule has 0 aromatic carbocycles. The quantitative estimate of drug-likeness (QED) is 0.555. The summed E-state index contributed by atoms with van der Waals surface area (Å²) in [5, 5.41) is 0. The highest BCUT2D eigenvalue weighted by molar-refractivity contribution is 5.81. The smallest absolute Gasteiger partial charge is 0.330 e. The van der Waals surface area contributed by atoms with Crippen molar-refractivity contribution in [3.8, 4) is 0 Å². The monoisotopic (exact) mass is 308 g/mol. The second-order valence-electron chi connectivity index (χ2n) is 8.14. The first-order valence-electron chi connectivity index (χ1n) is 8.17. The van der Waals surface area contributed by atoms with Gasteiger partial charge in [-0.2, -0.15) is 0 Å². The second-order valence-corrected chi connectivity index (χ2v) is 8.14. The highest BCUT2D eigenvalue weighted by Crippen LogP contribution is 2.57. The summed E-state index contributed by atoms with van der Waals surface area (Å²) in [5.74, 6) is -0.505. The van der Waals surface area contributed by atoms with Crippen LogP contribution in [-0.2, 0) is 19.1 Å². The largest absolute Gasteiger partial charge is 0.465 e. The summed E-state index contributed by atoms with van der Waals surface area (Å²) in [4.78, 5) is 23.7. The van der Waals surface area contributed by atoms with E-state index in [1.807, 2.05) is 13.8 Å². The fraction of sp³-hybridized carbons (Fsp3) is 0.778. The zero-order valence-corrected chi connectivity index (χ0v) is 14.1. The molecular formula is C18H28O4. The van der Waals surface area contributed by atoms with Gasteiger partial charge in [0.25, 0.3) is 0 Å². The molecule has 0 aromatic rings. The summed E-state index contributed by atoms with van der Waals surface area (Å²) in [7, 11) is 0. The number of fused-ring (bicyclic) bond motifs is 3. The van der Waals surface area contributed by atoms with Gasteiger partial charge in [-0.15, -0.1) is 0 Å². The minimum Gasteiger partial charge on any atom is -0.465 e. The number of hydrogen-bond donors (Lipinski definition) is 0. The van der Waals surface area contributed by atoms with Crippen LogP contribution in [0.5, 0.6) is 0 Å². The summed E-state index contributed by atoms with van der Waals surface area (Å²) in [6.45, 7) is 10.0. The van der Waals surface area contributed by atoms with Crippen molar-refractivity contribution in [2.75, 3.05) is 13.2 Å². The molecule has 0 radical (unpaired) electrons. The van der Waals surface area contributed by atoms with Crippen molar-refractivity contribution in [3.63, 3.8) is 0 Å². The number of ether oxygens (including phenoxy) is 2. The predicted molar refractivity (Wildman–Crippen MR) is 84.1 cm³/mol. The van der Waals surface area contributed by atoms with E-state index in [1.165, 1.54) is 0 Å². The summed E-state index contributed by atoms with van der Waals surface area (Å²) in [5.41, 5.74) is -0.200. The van der Waals surface area contributed by atoms with Gasteiger partial charge in [-0.05, 0) is 43.9 Å². The van der Waals surface area contributed by atoms with Gasteiger partial charge in [0.05, 0.1) is 18.6 Å². The fourth-order valence-electron chi connectivity index (χ4n) is 3.46. The zero-order valence-electron chi connectivity index (χ0n) is 14.1. The molecule has 0 unspecified atom stereocenters. The highest BCUT2D eigenvalue weighted by atomic mass is 16.5. The lowest BCUT2D eigenvalue weighted by molar-refractivity contribution is -0.169. The third-order valence-electron chi connectivity index (χ3n) is 5.42. The van der Waals surface area contributed by atoms with Gasteiger partial charge in [-0.25, -0.2) is 4.79 Å². The molecular weight excluding hydrogens is 280 g/mol. The van der Waals surface area contributed by atoms with Crippen LogP contribution in [0, 0.1) is 16.2 Å². The average Bonchev–Trinajstić information content (AvgIpc) is 2.51. The summed E-state index contributed by atoms with van der Waals surface area (Å²) < 4.78 is 10.7. The molecule has 124 valence electrons. The lowest BCUT2D eigenvalue weighted by Crippen LogP contribution is -2.46. The van der Waals surface area contributed by atoms with Crippen molar-refractivity contribution in [2.24, 2.45) is 16.2 Å². The Kier molecular flexibility index (Phi) is 4.69. The average molecular weight is 308 g/mol. The van der Waals surface area contributed by atoms with Crippen molar-refractivity contribution in [1.29, 1.82) is 0 Å². The molecule has 3 aliphatic carbocycles. The zero-order chi connectivity index (χ0) is 16.4. The Morgan fingerprint density at radius 3 is 2.05 bits per heavy atom. The molecule has 22 heavy (non-hydrogen) atoms. The topological polar surface area (TPSA) is 52.6 Å². The van der Waals surface area contributed by atoms with Crippen molar-refractivity contribution in [1.82, 2.24) is 0 Å². The molecule has 3 fully saturated rings. The van der Waals surface area contributed by atoms with Gasteiger partial charge in [-0.1, -0.05) is 27.4 Å². The van der Waals surface area contributed by atoms with E-state index in [-0.39, 0.29) is 30.0 Å². The van der Waals surface area contributed by atoms with E-state index in [2.05, 4.69) is 13.5 Å². The molecule has 0 heterocycles. The number of rotatable bonds is 6. The summed E-state index contributed by atoms with van der Waals surface area (Å²) in [6.07, 6.45) is 7.38. The van der Waals surface area contributed by atoms with Gasteiger partial charge < -0.3 is 9.47 Å². The van der Waals surface area contributed by atoms with E-state index in [1.54, 1.807) is 0 Å². The lowest BCUT2D eigenvalue weighted by atomic mass is 9.54. The highest BCUT2D eigenvalue weighted by Gasteiger charge is 2.51. The van der Waals surface area contributed by atoms with Crippen LogP contribution >= 0.6 is 0 Å². The van der Waals surface area contributed by atoms with Crippen LogP contribution in [0.1, 0.15) is 59.3 Å². The molecule has 0 N–H and O–H groups in total. The molecule has 0 aliphatic heterocycles. The second kappa shape index (κ2) is 6.05. The van der Waals surface area contributed by atoms with E-state index >= 15 is 0 Å². The number of carbonyl (C=O) groups excluding carboxylic acids is 2. The van der Waals surface area contributed by atoms with Crippen LogP contribution in [0.4, 0.5) is 0 Å². The van der Waals surface area contributed by atoms with Crippen LogP contribution < -0.4 is 0 Å². The van der Waals surface area contributed by atoms with Gasteiger partial charge in [0, 0.05) is 11.5 Å². The molecule has 0 saturated heterocycles. The third-order valence-corrected chi connectivity index (χ3v) is 5.42. The third kappa shape index (κ3) is 3.71.